The van der Waals surface area contributed by atoms with E-state index in [9.17, 15) is 19.2 Å². The van der Waals surface area contributed by atoms with Crippen LogP contribution in [0.3, 0.4) is 0 Å². The van der Waals surface area contributed by atoms with Gasteiger partial charge in [-0.25, -0.2) is 0 Å². The molecule has 1 aromatic carbocycles. The van der Waals surface area contributed by atoms with Gasteiger partial charge in [0, 0.05) is 32.1 Å². The van der Waals surface area contributed by atoms with E-state index in [1.165, 1.54) is 32.1 Å². The molecule has 4 amide bonds. The molecule has 2 saturated heterocycles. The van der Waals surface area contributed by atoms with Crippen LogP contribution in [0.4, 0.5) is 0 Å². The first kappa shape index (κ1) is 21.3. The number of hydrogen-bond donors (Lipinski definition) is 2. The van der Waals surface area contributed by atoms with Crippen LogP contribution in [0, 0.1) is 11.8 Å². The van der Waals surface area contributed by atoms with Gasteiger partial charge in [-0.05, 0) is 48.8 Å². The fourth-order valence-electron chi connectivity index (χ4n) is 5.93. The molecule has 1 aliphatic carbocycles. The van der Waals surface area contributed by atoms with Crippen molar-refractivity contribution in [3.8, 4) is 0 Å². The fraction of sp³-hybridized carbons (Fsp3) is 0.583. The summed E-state index contributed by atoms with van der Waals surface area (Å²) in [5.74, 6) is -0.851. The minimum Gasteiger partial charge on any atom is -0.327 e. The van der Waals surface area contributed by atoms with Gasteiger partial charge >= 0.3 is 0 Å². The Morgan fingerprint density at radius 1 is 0.906 bits per heavy atom. The van der Waals surface area contributed by atoms with E-state index >= 15 is 0 Å². The molecule has 170 valence electrons. The zero-order chi connectivity index (χ0) is 22.4. The zero-order valence-electron chi connectivity index (χ0n) is 18.2. The van der Waals surface area contributed by atoms with Crippen LogP contribution >= 0.6 is 0 Å². The first-order valence-corrected chi connectivity index (χ1v) is 11.7. The molecule has 1 aromatic rings. The Labute approximate surface area is 187 Å². The monoisotopic (exact) mass is 438 g/mol. The second kappa shape index (κ2) is 8.41. The summed E-state index contributed by atoms with van der Waals surface area (Å²) >= 11 is 0. The molecule has 8 nitrogen and oxygen atoms in total. The number of hydrogen-bond acceptors (Lipinski definition) is 6. The Morgan fingerprint density at radius 2 is 1.59 bits per heavy atom. The Balaban J connectivity index is 1.33. The predicted molar refractivity (Wildman–Crippen MR) is 116 cm³/mol. The third-order valence-corrected chi connectivity index (χ3v) is 7.63. The van der Waals surface area contributed by atoms with Crippen molar-refractivity contribution in [2.24, 2.45) is 17.6 Å². The van der Waals surface area contributed by atoms with E-state index in [2.05, 4.69) is 10.2 Å². The molecule has 5 rings (SSSR count). The van der Waals surface area contributed by atoms with Crippen molar-refractivity contribution < 1.29 is 19.2 Å². The number of nitrogens with zero attached hydrogens (tertiary/aromatic N) is 2. The second-order valence-electron chi connectivity index (χ2n) is 9.76. The smallest absolute Gasteiger partial charge is 0.262 e. The van der Waals surface area contributed by atoms with Gasteiger partial charge < -0.3 is 5.73 Å². The molecule has 3 heterocycles. The van der Waals surface area contributed by atoms with Crippen LogP contribution in [-0.4, -0.2) is 58.6 Å². The van der Waals surface area contributed by atoms with E-state index in [4.69, 9.17) is 5.73 Å². The van der Waals surface area contributed by atoms with E-state index in [1.54, 1.807) is 12.1 Å². The maximum Gasteiger partial charge on any atom is 0.262 e. The van der Waals surface area contributed by atoms with Gasteiger partial charge in [0.25, 0.3) is 11.8 Å². The molecule has 8 heteroatoms. The fourth-order valence-corrected chi connectivity index (χ4v) is 5.93. The quantitative estimate of drug-likeness (QED) is 0.691. The summed E-state index contributed by atoms with van der Waals surface area (Å²) in [4.78, 5) is 53.1. The molecule has 3 unspecified atom stereocenters. The number of rotatable bonds is 3. The lowest BCUT2D eigenvalue weighted by Crippen LogP contribution is -2.54. The highest BCUT2D eigenvalue weighted by atomic mass is 16.2. The van der Waals surface area contributed by atoms with Crippen LogP contribution < -0.4 is 11.1 Å². The summed E-state index contributed by atoms with van der Waals surface area (Å²) in [6, 6.07) is 4.74. The predicted octanol–water partition coefficient (Wildman–Crippen LogP) is 1.43. The Morgan fingerprint density at radius 3 is 2.28 bits per heavy atom. The lowest BCUT2D eigenvalue weighted by Gasteiger charge is -2.44. The average Bonchev–Trinajstić information content (AvgIpc) is 3.00. The van der Waals surface area contributed by atoms with Crippen LogP contribution in [-0.2, 0) is 16.1 Å². The lowest BCUT2D eigenvalue weighted by molar-refractivity contribution is -0.136. The number of piperidine rings is 2. The summed E-state index contributed by atoms with van der Waals surface area (Å²) in [6.07, 6.45) is 6.41. The molecular weight excluding hydrogens is 408 g/mol. The minimum absolute atomic E-state index is 0.120. The summed E-state index contributed by atoms with van der Waals surface area (Å²) in [7, 11) is 0. The van der Waals surface area contributed by atoms with Gasteiger partial charge in [0.2, 0.25) is 11.8 Å². The lowest BCUT2D eigenvalue weighted by atomic mass is 9.77. The van der Waals surface area contributed by atoms with Gasteiger partial charge in [0.05, 0.1) is 11.1 Å². The normalized spacial score (nSPS) is 31.2. The Kier molecular flexibility index (Phi) is 5.59. The second-order valence-corrected chi connectivity index (χ2v) is 9.76. The van der Waals surface area contributed by atoms with Crippen molar-refractivity contribution in [2.45, 2.75) is 63.6 Å². The SMILES string of the molecule is NC1C2CCCCCC1CN(Cc1ccc3c(c1)C(=O)N(C1CCC(=O)NC1=O)C3=O)C2. The number of nitrogens with two attached hydrogens (primary N) is 1. The van der Waals surface area contributed by atoms with Gasteiger partial charge in [-0.3, -0.25) is 34.3 Å². The van der Waals surface area contributed by atoms with Crippen LogP contribution in [0.15, 0.2) is 18.2 Å². The van der Waals surface area contributed by atoms with Crippen LogP contribution in [0.1, 0.15) is 71.2 Å². The van der Waals surface area contributed by atoms with E-state index in [-0.39, 0.29) is 24.8 Å². The van der Waals surface area contributed by atoms with Crippen LogP contribution in [0.5, 0.6) is 0 Å². The zero-order valence-corrected chi connectivity index (χ0v) is 18.2. The Bertz CT molecular complexity index is 961. The number of carbonyl (C=O) groups excluding carboxylic acids is 4. The summed E-state index contributed by atoms with van der Waals surface area (Å²) in [5.41, 5.74) is 8.22. The van der Waals surface area contributed by atoms with Crippen molar-refractivity contribution in [3.05, 3.63) is 34.9 Å². The maximum atomic E-state index is 13.1. The van der Waals surface area contributed by atoms with E-state index in [1.807, 2.05) is 6.07 Å². The third-order valence-electron chi connectivity index (χ3n) is 7.63. The molecule has 3 fully saturated rings. The van der Waals surface area contributed by atoms with Crippen LogP contribution in [0.2, 0.25) is 0 Å². The highest BCUT2D eigenvalue weighted by Gasteiger charge is 2.44. The summed E-state index contributed by atoms with van der Waals surface area (Å²) < 4.78 is 0. The Hall–Kier alpha value is -2.58. The highest BCUT2D eigenvalue weighted by Crippen LogP contribution is 2.33. The summed E-state index contributed by atoms with van der Waals surface area (Å²) in [6.45, 7) is 2.64. The number of benzene rings is 1. The van der Waals surface area contributed by atoms with Crippen LogP contribution in [0.25, 0.3) is 0 Å². The largest absolute Gasteiger partial charge is 0.327 e. The van der Waals surface area contributed by atoms with Gasteiger partial charge in [-0.15, -0.1) is 0 Å². The molecule has 32 heavy (non-hydrogen) atoms. The van der Waals surface area contributed by atoms with Crippen molar-refractivity contribution in [2.75, 3.05) is 13.1 Å². The third kappa shape index (κ3) is 3.75. The molecule has 2 bridgehead atoms. The average molecular weight is 439 g/mol. The number of nitrogens with one attached hydrogen (secondary N) is 1. The molecule has 0 aromatic heterocycles. The topological polar surface area (TPSA) is 113 Å². The number of carbonyl (C=O) groups is 4. The number of fused-ring (bicyclic) bond motifs is 3. The molecule has 0 spiro atoms. The first-order valence-electron chi connectivity index (χ1n) is 11.7. The molecular formula is C24H30N4O4. The highest BCUT2D eigenvalue weighted by molar-refractivity contribution is 6.23. The van der Waals surface area contributed by atoms with E-state index in [0.29, 0.717) is 29.5 Å². The number of likely N-dealkylation sites (tertiary alicyclic amines) is 1. The molecule has 0 radical (unpaired) electrons. The van der Waals surface area contributed by atoms with E-state index in [0.717, 1.165) is 23.6 Å². The molecule has 1 saturated carbocycles. The first-order chi connectivity index (χ1) is 15.4. The molecule has 3 aliphatic heterocycles. The van der Waals surface area contributed by atoms with Crippen molar-refractivity contribution >= 4 is 23.6 Å². The number of amides is 4. The number of imide groups is 2. The van der Waals surface area contributed by atoms with Gasteiger partial charge in [-0.1, -0.05) is 25.3 Å². The molecule has 3 atom stereocenters. The van der Waals surface area contributed by atoms with Crippen molar-refractivity contribution in [1.82, 2.24) is 15.1 Å². The summed E-state index contributed by atoms with van der Waals surface area (Å²) in [5, 5.41) is 2.23. The molecule has 3 N–H and O–H groups in total. The van der Waals surface area contributed by atoms with Gasteiger partial charge in [0.15, 0.2) is 0 Å². The van der Waals surface area contributed by atoms with Gasteiger partial charge in [0.1, 0.15) is 6.04 Å². The van der Waals surface area contributed by atoms with E-state index < -0.39 is 23.8 Å². The minimum atomic E-state index is -0.931. The van der Waals surface area contributed by atoms with Gasteiger partial charge in [-0.2, -0.15) is 0 Å². The molecule has 4 aliphatic rings. The standard InChI is InChI=1S/C24H30N4O4/c25-21-15-4-2-1-3-5-16(21)13-27(12-15)11-14-6-7-17-18(10-14)24(32)28(23(17)31)19-8-9-20(29)26-22(19)30/h6-7,10,15-16,19,21H,1-5,8-9,11-13,25H2,(H,26,29,30). The van der Waals surface area contributed by atoms with Crippen molar-refractivity contribution in [1.29, 1.82) is 0 Å². The maximum absolute atomic E-state index is 13.1. The van der Waals surface area contributed by atoms with Crippen molar-refractivity contribution in [3.63, 3.8) is 0 Å².